The molecule has 0 aliphatic carbocycles. The van der Waals surface area contributed by atoms with Crippen LogP contribution in [0.1, 0.15) is 26.3 Å². The van der Waals surface area contributed by atoms with Gasteiger partial charge in [-0.1, -0.05) is 12.1 Å². The molecule has 2 rings (SSSR count). The Kier molecular flexibility index (Phi) is 5.94. The average Bonchev–Trinajstić information content (AvgIpc) is 2.66. The van der Waals surface area contributed by atoms with E-state index in [9.17, 15) is 24.5 Å². The van der Waals surface area contributed by atoms with Gasteiger partial charge in [-0.2, -0.15) is 0 Å². The lowest BCUT2D eigenvalue weighted by molar-refractivity contribution is -0.395. The van der Waals surface area contributed by atoms with Crippen LogP contribution in [0.15, 0.2) is 54.6 Å². The van der Waals surface area contributed by atoms with E-state index >= 15 is 0 Å². The molecule has 2 aromatic carbocycles. The van der Waals surface area contributed by atoms with Gasteiger partial charge in [0.2, 0.25) is 0 Å². The molecule has 0 unspecified atom stereocenters. The summed E-state index contributed by atoms with van der Waals surface area (Å²) >= 11 is 0. The number of esters is 2. The van der Waals surface area contributed by atoms with Crippen LogP contribution in [0.2, 0.25) is 0 Å². The van der Waals surface area contributed by atoms with Crippen molar-refractivity contribution in [1.82, 2.24) is 0 Å². The molecule has 0 saturated carbocycles. The Morgan fingerprint density at radius 3 is 1.96 bits per heavy atom. The third-order valence-electron chi connectivity index (χ3n) is 3.23. The van der Waals surface area contributed by atoms with Crippen molar-refractivity contribution in [3.05, 3.63) is 81.4 Å². The number of carbonyl (C=O) groups is 3. The smallest absolute Gasteiger partial charge is 0.465 e. The van der Waals surface area contributed by atoms with Crippen LogP contribution >= 0.6 is 0 Å². The number of nitrogens with zero attached hydrogens (tertiary/aromatic N) is 1. The van der Waals surface area contributed by atoms with E-state index in [1.807, 2.05) is 0 Å². The molecule has 0 spiro atoms. The second kappa shape index (κ2) is 8.34. The molecule has 1 amide bonds. The second-order valence-electron chi connectivity index (χ2n) is 4.96. The van der Waals surface area contributed by atoms with E-state index in [0.29, 0.717) is 11.1 Å². The van der Waals surface area contributed by atoms with Crippen LogP contribution in [0.5, 0.6) is 5.75 Å². The summed E-state index contributed by atoms with van der Waals surface area (Å²) in [6.07, 6.45) is 2.12. The normalized spacial score (nSPS) is 10.3. The number of hydrogen-bond donors (Lipinski definition) is 0. The van der Waals surface area contributed by atoms with E-state index in [1.54, 1.807) is 0 Å². The summed E-state index contributed by atoms with van der Waals surface area (Å²) in [6, 6.07) is 11.8. The first kappa shape index (κ1) is 18.5. The van der Waals surface area contributed by atoms with Crippen LogP contribution in [-0.4, -0.2) is 29.9 Å². The summed E-state index contributed by atoms with van der Waals surface area (Å²) in [6.45, 7) is 0. The molecule has 0 saturated heterocycles. The number of carbonyl (C=O) groups excluding carboxylic acids is 3. The van der Waals surface area contributed by atoms with Crippen molar-refractivity contribution in [2.24, 2.45) is 0 Å². The van der Waals surface area contributed by atoms with Gasteiger partial charge < -0.3 is 9.47 Å². The minimum absolute atomic E-state index is 0.248. The van der Waals surface area contributed by atoms with Crippen LogP contribution in [0, 0.1) is 10.1 Å². The zero-order valence-corrected chi connectivity index (χ0v) is 13.6. The highest BCUT2D eigenvalue weighted by Gasteiger charge is 2.11. The van der Waals surface area contributed by atoms with Crippen molar-refractivity contribution >= 4 is 23.9 Å². The molecule has 8 nitrogen and oxygen atoms in total. The zero-order chi connectivity index (χ0) is 19.1. The molecule has 0 bridgehead atoms. The Morgan fingerprint density at radius 2 is 1.46 bits per heavy atom. The van der Waals surface area contributed by atoms with Gasteiger partial charge in [-0.15, -0.1) is 0 Å². The summed E-state index contributed by atoms with van der Waals surface area (Å²) < 4.78 is 9.76. The van der Waals surface area contributed by atoms with Gasteiger partial charge >= 0.3 is 17.8 Å². The monoisotopic (exact) mass is 355 g/mol. The van der Waals surface area contributed by atoms with E-state index in [0.717, 1.165) is 6.08 Å². The standard InChI is InChI=1S/C18H13NO7/c1-25-17(21)13-5-7-14(8-6-13)18(22)26-15-9-2-12(3-10-15)4-11-16(20)19(23)24/h2-11H,1H3/b11-4+. The number of amides is 1. The van der Waals surface area contributed by atoms with Crippen molar-refractivity contribution in [1.29, 1.82) is 0 Å². The minimum atomic E-state index is -1.23. The predicted molar refractivity (Wildman–Crippen MR) is 90.2 cm³/mol. The van der Waals surface area contributed by atoms with Gasteiger partial charge in [-0.25, -0.2) is 14.4 Å². The lowest BCUT2D eigenvalue weighted by atomic mass is 10.1. The predicted octanol–water partition coefficient (Wildman–Crippen LogP) is 2.51. The third kappa shape index (κ3) is 4.84. The number of ether oxygens (including phenoxy) is 2. The second-order valence-corrected chi connectivity index (χ2v) is 4.96. The molecule has 0 aliphatic heterocycles. The fourth-order valence-electron chi connectivity index (χ4n) is 1.90. The van der Waals surface area contributed by atoms with Crippen molar-refractivity contribution in [3.63, 3.8) is 0 Å². The molecule has 0 atom stereocenters. The Balaban J connectivity index is 2.02. The first-order chi connectivity index (χ1) is 12.4. The molecular formula is C18H13NO7. The fourth-order valence-corrected chi connectivity index (χ4v) is 1.90. The van der Waals surface area contributed by atoms with Crippen LogP contribution < -0.4 is 4.74 Å². The summed E-state index contributed by atoms with van der Waals surface area (Å²) in [5.74, 6) is -2.10. The first-order valence-electron chi connectivity index (χ1n) is 7.28. The molecule has 0 fully saturated rings. The van der Waals surface area contributed by atoms with E-state index in [1.165, 1.54) is 61.7 Å². The Bertz CT molecular complexity index is 867. The van der Waals surface area contributed by atoms with Crippen LogP contribution in [0.3, 0.4) is 0 Å². The van der Waals surface area contributed by atoms with Crippen molar-refractivity contribution < 1.29 is 28.8 Å². The van der Waals surface area contributed by atoms with Crippen molar-refractivity contribution in [2.75, 3.05) is 7.11 Å². The molecule has 0 N–H and O–H groups in total. The average molecular weight is 355 g/mol. The van der Waals surface area contributed by atoms with E-state index < -0.39 is 22.8 Å². The van der Waals surface area contributed by atoms with Gasteiger partial charge in [0, 0.05) is 0 Å². The zero-order valence-electron chi connectivity index (χ0n) is 13.6. The Morgan fingerprint density at radius 1 is 0.923 bits per heavy atom. The third-order valence-corrected chi connectivity index (χ3v) is 3.23. The van der Waals surface area contributed by atoms with Crippen LogP contribution in [0.25, 0.3) is 6.08 Å². The maximum absolute atomic E-state index is 12.1. The molecule has 2 aromatic rings. The maximum atomic E-state index is 12.1. The van der Waals surface area contributed by atoms with Crippen LogP contribution in [-0.2, 0) is 9.53 Å². The number of rotatable bonds is 5. The summed E-state index contributed by atoms with van der Waals surface area (Å²) in [5.41, 5.74) is 1.09. The highest BCUT2D eigenvalue weighted by Crippen LogP contribution is 2.16. The topological polar surface area (TPSA) is 113 Å². The molecule has 0 aliphatic rings. The number of hydrogen-bond acceptors (Lipinski definition) is 7. The SMILES string of the molecule is COC(=O)c1ccc(C(=O)Oc2ccc(/C=C/C(=O)[N+](=O)[O-])cc2)cc1. The van der Waals surface area contributed by atoms with E-state index in [-0.39, 0.29) is 11.3 Å². The largest absolute Gasteiger partial charge is 0.469 e. The van der Waals surface area contributed by atoms with Gasteiger partial charge in [0.1, 0.15) is 10.7 Å². The van der Waals surface area contributed by atoms with Crippen molar-refractivity contribution in [2.45, 2.75) is 0 Å². The summed E-state index contributed by atoms with van der Waals surface area (Å²) in [5, 5.41) is 10.2. The summed E-state index contributed by atoms with van der Waals surface area (Å²) in [7, 11) is 1.26. The summed E-state index contributed by atoms with van der Waals surface area (Å²) in [4.78, 5) is 43.5. The lowest BCUT2D eigenvalue weighted by Gasteiger charge is -2.05. The van der Waals surface area contributed by atoms with Gasteiger partial charge in [-0.05, 0) is 48.0 Å². The van der Waals surface area contributed by atoms with Gasteiger partial charge in [0.15, 0.2) is 0 Å². The molecule has 0 aromatic heterocycles. The minimum Gasteiger partial charge on any atom is -0.465 e. The van der Waals surface area contributed by atoms with Gasteiger partial charge in [-0.3, -0.25) is 10.1 Å². The molecule has 0 heterocycles. The number of benzene rings is 2. The highest BCUT2D eigenvalue weighted by atomic mass is 16.6. The van der Waals surface area contributed by atoms with E-state index in [2.05, 4.69) is 4.74 Å². The Labute approximate surface area is 147 Å². The Hall–Kier alpha value is -3.81. The molecule has 0 radical (unpaired) electrons. The van der Waals surface area contributed by atoms with E-state index in [4.69, 9.17) is 4.74 Å². The molecule has 132 valence electrons. The molecule has 26 heavy (non-hydrogen) atoms. The fraction of sp³-hybridized carbons (Fsp3) is 0.0556. The molecular weight excluding hydrogens is 342 g/mol. The van der Waals surface area contributed by atoms with Gasteiger partial charge in [0.05, 0.1) is 24.3 Å². The first-order valence-corrected chi connectivity index (χ1v) is 7.28. The lowest BCUT2D eigenvalue weighted by Crippen LogP contribution is -2.09. The quantitative estimate of drug-likeness (QED) is 0.266. The van der Waals surface area contributed by atoms with Crippen molar-refractivity contribution in [3.8, 4) is 5.75 Å². The van der Waals surface area contributed by atoms with Gasteiger partial charge in [0.25, 0.3) is 0 Å². The molecule has 8 heteroatoms. The highest BCUT2D eigenvalue weighted by molar-refractivity contribution is 5.94. The number of methoxy groups -OCH3 is 1. The number of nitro groups is 1. The van der Waals surface area contributed by atoms with Crippen LogP contribution in [0.4, 0.5) is 0 Å². The maximum Gasteiger partial charge on any atom is 0.469 e.